The maximum absolute atomic E-state index is 2.32. The molecule has 0 amide bonds. The lowest BCUT2D eigenvalue weighted by atomic mass is 9.72. The van der Waals surface area contributed by atoms with Crippen molar-refractivity contribution in [2.24, 2.45) is 5.41 Å². The summed E-state index contributed by atoms with van der Waals surface area (Å²) in [5.41, 5.74) is 7.12. The Bertz CT molecular complexity index is 375. The molecule has 1 aromatic rings. The van der Waals surface area contributed by atoms with Crippen LogP contribution in [0.25, 0.3) is 0 Å². The first kappa shape index (κ1) is 20.2. The molecular weight excluding hydrogens is 252 g/mol. The Balaban J connectivity index is 0.000000741. The van der Waals surface area contributed by atoms with Crippen molar-refractivity contribution >= 4 is 0 Å². The van der Waals surface area contributed by atoms with Crippen molar-refractivity contribution in [3.8, 4) is 0 Å². The summed E-state index contributed by atoms with van der Waals surface area (Å²) in [4.78, 5) is 0. The van der Waals surface area contributed by atoms with Gasteiger partial charge in [0.05, 0.1) is 0 Å². The zero-order valence-corrected chi connectivity index (χ0v) is 14.6. The molecule has 0 aliphatic heterocycles. The van der Waals surface area contributed by atoms with Crippen molar-refractivity contribution in [3.63, 3.8) is 0 Å². The molecule has 1 fully saturated rings. The quantitative estimate of drug-likeness (QED) is 0.480. The van der Waals surface area contributed by atoms with E-state index in [9.17, 15) is 0 Å². The van der Waals surface area contributed by atoms with Gasteiger partial charge < -0.3 is 0 Å². The van der Waals surface area contributed by atoms with Crippen molar-refractivity contribution in [1.82, 2.24) is 0 Å². The summed E-state index contributed by atoms with van der Waals surface area (Å²) in [7, 11) is 0. The van der Waals surface area contributed by atoms with Gasteiger partial charge in [0.2, 0.25) is 0 Å². The highest BCUT2D eigenvalue weighted by Crippen LogP contribution is 2.48. The number of rotatable bonds is 0. The summed E-state index contributed by atoms with van der Waals surface area (Å²) in [6, 6.07) is 4.63. The predicted octanol–water partition coefficient (Wildman–Crippen LogP) is 7.04. The maximum Gasteiger partial charge on any atom is -0.0213 e. The van der Waals surface area contributed by atoms with Gasteiger partial charge in [0.1, 0.15) is 0 Å². The molecule has 0 heteroatoms. The van der Waals surface area contributed by atoms with Gasteiger partial charge in [-0.1, -0.05) is 66.5 Å². The Morgan fingerprint density at radius 1 is 0.714 bits per heavy atom. The molecule has 0 aromatic heterocycles. The van der Waals surface area contributed by atoms with Crippen LogP contribution in [-0.4, -0.2) is 0 Å². The molecule has 0 saturated heterocycles. The Kier molecular flexibility index (Phi) is 8.94. The van der Waals surface area contributed by atoms with E-state index in [0.717, 1.165) is 0 Å². The normalized spacial score (nSPS) is 17.6. The average Bonchev–Trinajstić information content (AvgIpc) is 2.88. The van der Waals surface area contributed by atoms with Gasteiger partial charge in [0.15, 0.2) is 0 Å². The molecule has 0 unspecified atom stereocenters. The van der Waals surface area contributed by atoms with Crippen LogP contribution < -0.4 is 0 Å². The molecule has 1 spiro atoms. The highest BCUT2D eigenvalue weighted by molar-refractivity contribution is 5.45. The molecule has 0 radical (unpaired) electrons. The van der Waals surface area contributed by atoms with E-state index >= 15 is 0 Å². The number of aryl methyl sites for hydroxylation is 2. The number of hydrogen-bond acceptors (Lipinski definition) is 0. The first-order valence-electron chi connectivity index (χ1n) is 8.78. The SMILES string of the molecule is C.CC.CC.Cc1ccc(C)c2c1CC1(CCCCC1)C2. The van der Waals surface area contributed by atoms with E-state index in [1.165, 1.54) is 56.1 Å². The third kappa shape index (κ3) is 4.34. The van der Waals surface area contributed by atoms with E-state index in [1.807, 2.05) is 27.7 Å². The van der Waals surface area contributed by atoms with Crippen molar-refractivity contribution < 1.29 is 0 Å². The van der Waals surface area contributed by atoms with Crippen LogP contribution >= 0.6 is 0 Å². The summed E-state index contributed by atoms with van der Waals surface area (Å²) in [5, 5.41) is 0. The van der Waals surface area contributed by atoms with Crippen LogP contribution in [-0.2, 0) is 12.8 Å². The van der Waals surface area contributed by atoms with Gasteiger partial charge in [-0.2, -0.15) is 0 Å². The number of hydrogen-bond donors (Lipinski definition) is 0. The summed E-state index contributed by atoms with van der Waals surface area (Å²) >= 11 is 0. The number of benzene rings is 1. The van der Waals surface area contributed by atoms with Gasteiger partial charge >= 0.3 is 0 Å². The fourth-order valence-corrected chi connectivity index (χ4v) is 3.89. The molecule has 21 heavy (non-hydrogen) atoms. The summed E-state index contributed by atoms with van der Waals surface area (Å²) in [5.74, 6) is 0. The molecule has 0 nitrogen and oxygen atoms in total. The zero-order chi connectivity index (χ0) is 15.2. The molecule has 3 rings (SSSR count). The van der Waals surface area contributed by atoms with Crippen molar-refractivity contribution in [3.05, 3.63) is 34.4 Å². The van der Waals surface area contributed by atoms with Crippen LogP contribution in [0, 0.1) is 19.3 Å². The van der Waals surface area contributed by atoms with Crippen LogP contribution in [0.5, 0.6) is 0 Å². The second-order valence-electron chi connectivity index (χ2n) is 6.07. The number of fused-ring (bicyclic) bond motifs is 1. The molecule has 0 N–H and O–H groups in total. The van der Waals surface area contributed by atoms with Gasteiger partial charge in [-0.15, -0.1) is 0 Å². The minimum atomic E-state index is 0. The van der Waals surface area contributed by atoms with E-state index in [0.29, 0.717) is 5.41 Å². The predicted molar refractivity (Wildman–Crippen MR) is 98.3 cm³/mol. The topological polar surface area (TPSA) is 0 Å². The van der Waals surface area contributed by atoms with Gasteiger partial charge in [-0.25, -0.2) is 0 Å². The molecule has 122 valence electrons. The first-order valence-corrected chi connectivity index (χ1v) is 8.78. The third-order valence-electron chi connectivity index (χ3n) is 4.92. The van der Waals surface area contributed by atoms with E-state index in [4.69, 9.17) is 0 Å². The molecule has 2 aliphatic carbocycles. The van der Waals surface area contributed by atoms with Crippen LogP contribution in [0.2, 0.25) is 0 Å². The second kappa shape index (κ2) is 9.28. The third-order valence-corrected chi connectivity index (χ3v) is 4.92. The van der Waals surface area contributed by atoms with Crippen LogP contribution in [0.4, 0.5) is 0 Å². The van der Waals surface area contributed by atoms with Crippen LogP contribution in [0.3, 0.4) is 0 Å². The fourth-order valence-electron chi connectivity index (χ4n) is 3.89. The second-order valence-corrected chi connectivity index (χ2v) is 6.07. The standard InChI is InChI=1S/C16H22.2C2H6.CH4/c1-12-6-7-13(2)15-11-16(10-14(12)15)8-4-3-5-9-16;2*1-2;/h6-7H,3-5,8-11H2,1-2H3;2*1-2H3;1H4. The molecule has 0 heterocycles. The lowest BCUT2D eigenvalue weighted by Gasteiger charge is -2.33. The molecule has 0 bridgehead atoms. The van der Waals surface area contributed by atoms with Gasteiger partial charge in [0.25, 0.3) is 0 Å². The highest BCUT2D eigenvalue weighted by atomic mass is 14.4. The summed E-state index contributed by atoms with van der Waals surface area (Å²) in [6.45, 7) is 12.6. The zero-order valence-electron chi connectivity index (χ0n) is 14.6. The van der Waals surface area contributed by atoms with Crippen molar-refractivity contribution in [2.75, 3.05) is 0 Å². The lowest BCUT2D eigenvalue weighted by molar-refractivity contribution is 0.202. The first-order chi connectivity index (χ1) is 9.70. The van der Waals surface area contributed by atoms with Gasteiger partial charge in [-0.3, -0.25) is 0 Å². The largest absolute Gasteiger partial charge is 0.0776 e. The summed E-state index contributed by atoms with van der Waals surface area (Å²) < 4.78 is 0. The Morgan fingerprint density at radius 3 is 1.48 bits per heavy atom. The van der Waals surface area contributed by atoms with E-state index in [1.54, 1.807) is 11.1 Å². The Morgan fingerprint density at radius 2 is 1.10 bits per heavy atom. The van der Waals surface area contributed by atoms with Crippen LogP contribution in [0.15, 0.2) is 12.1 Å². The van der Waals surface area contributed by atoms with Gasteiger partial charge in [-0.05, 0) is 67.2 Å². The van der Waals surface area contributed by atoms with E-state index in [-0.39, 0.29) is 7.43 Å². The van der Waals surface area contributed by atoms with Gasteiger partial charge in [0, 0.05) is 0 Å². The molecule has 2 aliphatic rings. The maximum atomic E-state index is 2.32. The average molecular weight is 291 g/mol. The Labute approximate surface area is 134 Å². The lowest BCUT2D eigenvalue weighted by Crippen LogP contribution is -2.24. The summed E-state index contributed by atoms with van der Waals surface area (Å²) in [6.07, 6.45) is 10.1. The minimum Gasteiger partial charge on any atom is -0.0776 e. The molecule has 1 aromatic carbocycles. The highest BCUT2D eigenvalue weighted by Gasteiger charge is 2.39. The molecule has 0 atom stereocenters. The van der Waals surface area contributed by atoms with E-state index in [2.05, 4.69) is 26.0 Å². The van der Waals surface area contributed by atoms with Crippen LogP contribution in [0.1, 0.15) is 89.5 Å². The monoisotopic (exact) mass is 290 g/mol. The molecule has 1 saturated carbocycles. The van der Waals surface area contributed by atoms with Crippen molar-refractivity contribution in [1.29, 1.82) is 0 Å². The molecular formula is C21H38. The smallest absolute Gasteiger partial charge is 0.0213 e. The van der Waals surface area contributed by atoms with Crippen molar-refractivity contribution in [2.45, 2.75) is 93.9 Å². The fraction of sp³-hybridized carbons (Fsp3) is 0.714. The Hall–Kier alpha value is -0.780. The van der Waals surface area contributed by atoms with E-state index < -0.39 is 0 Å². The minimum absolute atomic E-state index is 0.